The van der Waals surface area contributed by atoms with Gasteiger partial charge in [0.2, 0.25) is 0 Å². The van der Waals surface area contributed by atoms with E-state index in [1.807, 2.05) is 0 Å². The number of hydrogen-bond donors (Lipinski definition) is 0. The molecule has 2 saturated carbocycles. The molecule has 0 N–H and O–H groups in total. The van der Waals surface area contributed by atoms with Crippen molar-refractivity contribution >= 4 is 26.5 Å². The van der Waals surface area contributed by atoms with Crippen LogP contribution in [0.5, 0.6) is 0 Å². The summed E-state index contributed by atoms with van der Waals surface area (Å²) in [5, 5.41) is 4.81. The molecule has 2 aromatic rings. The van der Waals surface area contributed by atoms with Crippen molar-refractivity contribution in [1.29, 1.82) is 0 Å². The van der Waals surface area contributed by atoms with Crippen LogP contribution in [0.15, 0.2) is 59.9 Å². The molecule has 2 aromatic carbocycles. The lowest BCUT2D eigenvalue weighted by Gasteiger charge is -2.44. The summed E-state index contributed by atoms with van der Waals surface area (Å²) >= 11 is 0. The quantitative estimate of drug-likeness (QED) is 0.313. The van der Waals surface area contributed by atoms with Crippen molar-refractivity contribution in [2.45, 2.75) is 116 Å². The molecule has 0 radical (unpaired) electrons. The Balaban J connectivity index is 1.54. The Morgan fingerprint density at radius 2 is 1.05 bits per heavy atom. The van der Waals surface area contributed by atoms with Gasteiger partial charge in [-0.15, -0.1) is 0 Å². The van der Waals surface area contributed by atoms with Gasteiger partial charge in [0.25, 0.3) is 0 Å². The third-order valence-corrected chi connectivity index (χ3v) is 15.6. The molecule has 0 heterocycles. The maximum Gasteiger partial charge on any atom is 0.00969 e. The van der Waals surface area contributed by atoms with E-state index in [9.17, 15) is 0 Å². The van der Waals surface area contributed by atoms with Crippen LogP contribution in [0, 0.1) is 33.6 Å². The van der Waals surface area contributed by atoms with Gasteiger partial charge in [-0.1, -0.05) is 130 Å². The van der Waals surface area contributed by atoms with Crippen LogP contribution in [0.1, 0.15) is 93.4 Å². The van der Waals surface area contributed by atoms with Gasteiger partial charge in [-0.2, -0.15) is 0 Å². The summed E-state index contributed by atoms with van der Waals surface area (Å²) in [6.45, 7) is 11.8. The highest BCUT2D eigenvalue weighted by atomic mass is 31.1. The minimum Gasteiger partial charge on any atom is -0.0965 e. The topological polar surface area (TPSA) is 0 Å². The molecule has 198 valence electrons. The van der Waals surface area contributed by atoms with Crippen LogP contribution < -0.4 is 10.6 Å². The minimum absolute atomic E-state index is 0.0350. The Labute approximate surface area is 229 Å². The molecule has 1 unspecified atom stereocenters. The van der Waals surface area contributed by atoms with Crippen molar-refractivity contribution < 1.29 is 0 Å². The maximum atomic E-state index is 2.68. The van der Waals surface area contributed by atoms with Gasteiger partial charge in [-0.3, -0.25) is 0 Å². The van der Waals surface area contributed by atoms with Crippen molar-refractivity contribution in [3.8, 4) is 0 Å². The average Bonchev–Trinajstić information content (AvgIpc) is 3.34. The van der Waals surface area contributed by atoms with Crippen LogP contribution in [0.4, 0.5) is 0 Å². The first-order valence-electron chi connectivity index (χ1n) is 15.0. The van der Waals surface area contributed by atoms with E-state index >= 15 is 0 Å². The first-order chi connectivity index (χ1) is 17.9. The van der Waals surface area contributed by atoms with E-state index in [0.717, 1.165) is 17.0 Å². The maximum absolute atomic E-state index is 2.68. The van der Waals surface area contributed by atoms with Crippen molar-refractivity contribution in [3.05, 3.63) is 82.2 Å². The molecule has 3 aliphatic rings. The summed E-state index contributed by atoms with van der Waals surface area (Å²) < 4.78 is 0. The summed E-state index contributed by atoms with van der Waals surface area (Å²) in [6, 6.07) is 14.6. The molecule has 0 aliphatic heterocycles. The Kier molecular flexibility index (Phi) is 9.10. The predicted octanol–water partition coefficient (Wildman–Crippen LogP) is 9.96. The van der Waals surface area contributed by atoms with Crippen molar-refractivity contribution in [1.82, 2.24) is 0 Å². The van der Waals surface area contributed by atoms with E-state index in [0.29, 0.717) is 5.92 Å². The monoisotopic (exact) mass is 530 g/mol. The number of rotatable bonds is 7. The summed E-state index contributed by atoms with van der Waals surface area (Å²) in [6.07, 6.45) is 22.4. The number of hydrogen-bond acceptors (Lipinski definition) is 0. The van der Waals surface area contributed by atoms with E-state index in [1.165, 1.54) is 86.5 Å². The Morgan fingerprint density at radius 1 is 0.622 bits per heavy atom. The van der Waals surface area contributed by atoms with Gasteiger partial charge in [-0.05, 0) is 94.2 Å². The van der Waals surface area contributed by atoms with Gasteiger partial charge >= 0.3 is 0 Å². The Bertz CT molecular complexity index is 1020. The van der Waals surface area contributed by atoms with E-state index in [1.54, 1.807) is 15.9 Å². The largest absolute Gasteiger partial charge is 0.0965 e. The lowest BCUT2D eigenvalue weighted by Crippen LogP contribution is -2.30. The van der Waals surface area contributed by atoms with Crippen molar-refractivity contribution in [2.75, 3.05) is 0 Å². The van der Waals surface area contributed by atoms with Crippen LogP contribution in [0.2, 0.25) is 0 Å². The normalized spacial score (nSPS) is 22.1. The highest BCUT2D eigenvalue weighted by Gasteiger charge is 2.40. The minimum atomic E-state index is -0.539. The third kappa shape index (κ3) is 6.34. The SMILES string of the molecule is Cc1cc(C)cc(P(C2=CC=CC2[C@@H](C)P(C2CCCCC2)C2CCCCC2)c2cc(C)cc(C)c2)c1. The van der Waals surface area contributed by atoms with Gasteiger partial charge in [-0.25, -0.2) is 0 Å². The standard InChI is InChI=1S/C35H48P2/c1-25-19-26(2)22-32(21-25)37(33-23-27(3)20-28(4)24-33)35-18-12-17-34(35)29(5)36(30-13-8-6-9-14-30)31-15-10-7-11-16-31/h12,17-24,29-31,34H,6-11,13-16H2,1-5H3/t29-,34?/m1/s1. The number of allylic oxidation sites excluding steroid dienone is 4. The summed E-state index contributed by atoms with van der Waals surface area (Å²) in [4.78, 5) is 0. The van der Waals surface area contributed by atoms with E-state index in [4.69, 9.17) is 0 Å². The van der Waals surface area contributed by atoms with Gasteiger partial charge in [0.1, 0.15) is 0 Å². The first kappa shape index (κ1) is 27.4. The smallest absolute Gasteiger partial charge is 0.00969 e. The van der Waals surface area contributed by atoms with Crippen LogP contribution in [-0.4, -0.2) is 17.0 Å². The zero-order chi connectivity index (χ0) is 25.9. The second-order valence-electron chi connectivity index (χ2n) is 12.3. The molecule has 0 saturated heterocycles. The zero-order valence-electron chi connectivity index (χ0n) is 24.0. The molecule has 0 amide bonds. The van der Waals surface area contributed by atoms with E-state index in [-0.39, 0.29) is 7.92 Å². The van der Waals surface area contributed by atoms with Crippen LogP contribution in [0.3, 0.4) is 0 Å². The number of benzene rings is 2. The zero-order valence-corrected chi connectivity index (χ0v) is 25.8. The molecule has 0 spiro atoms. The Hall–Kier alpha value is -1.22. The van der Waals surface area contributed by atoms with Crippen molar-refractivity contribution in [3.63, 3.8) is 0 Å². The molecule has 0 bridgehead atoms. The van der Waals surface area contributed by atoms with Crippen LogP contribution >= 0.6 is 15.8 Å². The predicted molar refractivity (Wildman–Crippen MR) is 169 cm³/mol. The summed E-state index contributed by atoms with van der Waals surface area (Å²) in [5.41, 5.74) is 8.39. The van der Waals surface area contributed by atoms with Crippen LogP contribution in [-0.2, 0) is 0 Å². The Morgan fingerprint density at radius 3 is 1.49 bits per heavy atom. The molecule has 37 heavy (non-hydrogen) atoms. The van der Waals surface area contributed by atoms with Gasteiger partial charge in [0, 0.05) is 5.92 Å². The fourth-order valence-corrected chi connectivity index (χ4v) is 15.3. The third-order valence-electron chi connectivity index (χ3n) is 9.10. The molecule has 5 rings (SSSR count). The lowest BCUT2D eigenvalue weighted by molar-refractivity contribution is 0.479. The lowest BCUT2D eigenvalue weighted by atomic mass is 9.99. The number of aryl methyl sites for hydroxylation is 4. The fourth-order valence-electron chi connectivity index (χ4n) is 7.63. The summed E-state index contributed by atoms with van der Waals surface area (Å²) in [7, 11) is -0.504. The molecule has 2 atom stereocenters. The highest BCUT2D eigenvalue weighted by Crippen LogP contribution is 2.64. The molecular weight excluding hydrogens is 482 g/mol. The molecule has 0 aromatic heterocycles. The van der Waals surface area contributed by atoms with Crippen LogP contribution in [0.25, 0.3) is 0 Å². The first-order valence-corrected chi connectivity index (χ1v) is 17.9. The van der Waals surface area contributed by atoms with Gasteiger partial charge < -0.3 is 0 Å². The summed E-state index contributed by atoms with van der Waals surface area (Å²) in [5.74, 6) is 0.600. The molecule has 2 heteroatoms. The van der Waals surface area contributed by atoms with E-state index in [2.05, 4.69) is 89.2 Å². The second kappa shape index (κ2) is 12.3. The van der Waals surface area contributed by atoms with Gasteiger partial charge in [0.05, 0.1) is 0 Å². The van der Waals surface area contributed by atoms with Crippen molar-refractivity contribution in [2.24, 2.45) is 5.92 Å². The molecule has 2 fully saturated rings. The average molecular weight is 531 g/mol. The molecule has 0 nitrogen and oxygen atoms in total. The fraction of sp³-hybridized carbons (Fsp3) is 0.543. The highest BCUT2D eigenvalue weighted by molar-refractivity contribution is 7.77. The second-order valence-corrected chi connectivity index (χ2v) is 17.7. The van der Waals surface area contributed by atoms with Gasteiger partial charge in [0.15, 0.2) is 0 Å². The van der Waals surface area contributed by atoms with E-state index < -0.39 is 7.92 Å². The molecular formula is C35H48P2. The molecule has 3 aliphatic carbocycles.